The number of aryl methyl sites for hydroxylation is 1. The number of benzene rings is 1. The fourth-order valence-electron chi connectivity index (χ4n) is 5.49. The van der Waals surface area contributed by atoms with Crippen LogP contribution >= 0.6 is 0 Å². The second-order valence-electron chi connectivity index (χ2n) is 9.27. The first-order valence-corrected chi connectivity index (χ1v) is 11.4. The first-order chi connectivity index (χ1) is 16.6. The van der Waals surface area contributed by atoms with E-state index in [-0.39, 0.29) is 18.0 Å². The summed E-state index contributed by atoms with van der Waals surface area (Å²) in [6.45, 7) is 0.189. The highest BCUT2D eigenvalue weighted by molar-refractivity contribution is 5.86. The number of imidazole rings is 1. The van der Waals surface area contributed by atoms with Crippen LogP contribution in [0.1, 0.15) is 36.0 Å². The van der Waals surface area contributed by atoms with Gasteiger partial charge in [-0.15, -0.1) is 0 Å². The zero-order valence-electron chi connectivity index (χ0n) is 18.5. The Bertz CT molecular complexity index is 1660. The van der Waals surface area contributed by atoms with Crippen LogP contribution in [0, 0.1) is 11.8 Å². The molecule has 9 heteroatoms. The van der Waals surface area contributed by atoms with Gasteiger partial charge in [0.2, 0.25) is 5.89 Å². The van der Waals surface area contributed by atoms with Crippen molar-refractivity contribution in [3.63, 3.8) is 0 Å². The van der Waals surface area contributed by atoms with Gasteiger partial charge in [0.25, 0.3) is 5.56 Å². The number of fused-ring (bicyclic) bond motifs is 3. The molecule has 0 radical (unpaired) electrons. The van der Waals surface area contributed by atoms with E-state index in [4.69, 9.17) is 4.52 Å². The zero-order chi connectivity index (χ0) is 22.8. The van der Waals surface area contributed by atoms with Gasteiger partial charge in [-0.25, -0.2) is 9.97 Å². The van der Waals surface area contributed by atoms with Crippen molar-refractivity contribution >= 4 is 27.5 Å². The summed E-state index contributed by atoms with van der Waals surface area (Å²) in [6, 6.07) is 8.63. The average molecular weight is 451 g/mol. The van der Waals surface area contributed by atoms with E-state index < -0.39 is 0 Å². The predicted octanol–water partition coefficient (Wildman–Crippen LogP) is 3.32. The molecule has 3 aliphatic carbocycles. The lowest BCUT2D eigenvalue weighted by atomic mass is 9.57. The van der Waals surface area contributed by atoms with Crippen molar-refractivity contribution in [1.82, 2.24) is 34.2 Å². The summed E-state index contributed by atoms with van der Waals surface area (Å²) in [5.41, 5.74) is 3.36. The quantitative estimate of drug-likeness (QED) is 0.413. The maximum atomic E-state index is 12.8. The van der Waals surface area contributed by atoms with E-state index >= 15 is 0 Å². The van der Waals surface area contributed by atoms with Crippen molar-refractivity contribution in [2.45, 2.75) is 25.3 Å². The molecule has 3 atom stereocenters. The van der Waals surface area contributed by atoms with E-state index in [0.29, 0.717) is 28.9 Å². The number of rotatable bonds is 4. The first-order valence-electron chi connectivity index (χ1n) is 11.4. The summed E-state index contributed by atoms with van der Waals surface area (Å²) in [5.74, 6) is 2.31. The number of hydrogen-bond donors (Lipinski definition) is 0. The largest absolute Gasteiger partial charge is 0.337 e. The van der Waals surface area contributed by atoms with Crippen molar-refractivity contribution in [3.05, 3.63) is 83.0 Å². The predicted molar refractivity (Wildman–Crippen MR) is 125 cm³/mol. The molecule has 0 aliphatic heterocycles. The lowest BCUT2D eigenvalue weighted by Crippen LogP contribution is -2.37. The van der Waals surface area contributed by atoms with Crippen LogP contribution in [0.15, 0.2) is 64.7 Å². The third-order valence-electron chi connectivity index (χ3n) is 7.24. The second-order valence-corrected chi connectivity index (χ2v) is 9.27. The molecule has 8 rings (SSSR count). The van der Waals surface area contributed by atoms with Crippen molar-refractivity contribution in [1.29, 1.82) is 0 Å². The summed E-state index contributed by atoms with van der Waals surface area (Å²) in [4.78, 5) is 30.1. The Morgan fingerprint density at radius 1 is 1.15 bits per heavy atom. The summed E-state index contributed by atoms with van der Waals surface area (Å²) in [5, 5.41) is 6.64. The maximum absolute atomic E-state index is 12.8. The third kappa shape index (κ3) is 2.93. The second kappa shape index (κ2) is 7.18. The molecule has 4 heterocycles. The van der Waals surface area contributed by atoms with E-state index in [1.807, 2.05) is 18.5 Å². The highest BCUT2D eigenvalue weighted by atomic mass is 16.5. The molecular weight excluding hydrogens is 430 g/mol. The van der Waals surface area contributed by atoms with Crippen LogP contribution < -0.4 is 5.56 Å². The third-order valence-corrected chi connectivity index (χ3v) is 7.24. The fraction of sp³-hybridized carbons (Fsp3) is 0.280. The highest BCUT2D eigenvalue weighted by Gasteiger charge is 2.46. The Morgan fingerprint density at radius 2 is 2.06 bits per heavy atom. The number of nitrogens with zero attached hydrogens (tertiary/aromatic N) is 7. The lowest BCUT2D eigenvalue weighted by Gasteiger charge is -2.46. The fourth-order valence-corrected chi connectivity index (χ4v) is 5.49. The van der Waals surface area contributed by atoms with Crippen molar-refractivity contribution in [3.8, 4) is 0 Å². The monoisotopic (exact) mass is 451 g/mol. The van der Waals surface area contributed by atoms with Gasteiger partial charge < -0.3 is 9.09 Å². The number of aromatic nitrogens is 7. The Balaban J connectivity index is 1.13. The van der Waals surface area contributed by atoms with E-state index in [2.05, 4.69) is 49.4 Å². The molecule has 1 saturated carbocycles. The van der Waals surface area contributed by atoms with Crippen molar-refractivity contribution in [2.75, 3.05) is 0 Å². The van der Waals surface area contributed by atoms with Gasteiger partial charge in [-0.1, -0.05) is 23.4 Å². The molecule has 2 bridgehead atoms. The SMILES string of the molecule is Cn1cnc2ncn(Cc3nc([C@H]4[C@@H]5CC(c6ccc7ccncc7c6)=C[C@H]4C5)no3)c(=O)c21. The Labute approximate surface area is 193 Å². The van der Waals surface area contributed by atoms with Crippen LogP contribution in [0.2, 0.25) is 0 Å². The van der Waals surface area contributed by atoms with Crippen LogP contribution in [0.3, 0.4) is 0 Å². The van der Waals surface area contributed by atoms with E-state index in [1.165, 1.54) is 27.4 Å². The summed E-state index contributed by atoms with van der Waals surface area (Å²) in [6.07, 6.45) is 11.3. The molecule has 3 aliphatic rings. The molecule has 5 aromatic rings. The van der Waals surface area contributed by atoms with Gasteiger partial charge in [0.1, 0.15) is 12.9 Å². The van der Waals surface area contributed by atoms with E-state index in [9.17, 15) is 4.79 Å². The molecule has 168 valence electrons. The molecule has 0 N–H and O–H groups in total. The topological polar surface area (TPSA) is 105 Å². The van der Waals surface area contributed by atoms with Crippen LogP contribution in [-0.2, 0) is 13.6 Å². The molecule has 0 saturated heterocycles. The van der Waals surface area contributed by atoms with Crippen molar-refractivity contribution < 1.29 is 4.52 Å². The van der Waals surface area contributed by atoms with E-state index in [1.54, 1.807) is 17.9 Å². The maximum Gasteiger partial charge on any atom is 0.280 e. The lowest BCUT2D eigenvalue weighted by molar-refractivity contribution is 0.162. The van der Waals surface area contributed by atoms with Crippen LogP contribution in [0.4, 0.5) is 0 Å². The van der Waals surface area contributed by atoms with Crippen molar-refractivity contribution in [2.24, 2.45) is 18.9 Å². The summed E-state index contributed by atoms with van der Waals surface area (Å²) < 4.78 is 8.68. The molecule has 0 amide bonds. The summed E-state index contributed by atoms with van der Waals surface area (Å²) in [7, 11) is 1.78. The molecule has 34 heavy (non-hydrogen) atoms. The normalized spacial score (nSPS) is 21.6. The van der Waals surface area contributed by atoms with Gasteiger partial charge in [-0.3, -0.25) is 14.3 Å². The van der Waals surface area contributed by atoms with Crippen LogP contribution in [-0.4, -0.2) is 34.2 Å². The molecule has 4 aromatic heterocycles. The minimum atomic E-state index is -0.177. The Morgan fingerprint density at radius 3 is 2.94 bits per heavy atom. The molecular formula is C25H21N7O2. The van der Waals surface area contributed by atoms with Gasteiger partial charge in [0.15, 0.2) is 17.0 Å². The Kier molecular flexibility index (Phi) is 4.08. The van der Waals surface area contributed by atoms with Gasteiger partial charge in [0.05, 0.1) is 6.33 Å². The molecule has 0 unspecified atom stereocenters. The average Bonchev–Trinajstić information content (AvgIpc) is 3.47. The van der Waals surface area contributed by atoms with Gasteiger partial charge in [0, 0.05) is 30.7 Å². The van der Waals surface area contributed by atoms with Crippen LogP contribution in [0.25, 0.3) is 27.5 Å². The smallest absolute Gasteiger partial charge is 0.280 e. The molecule has 1 aromatic carbocycles. The highest BCUT2D eigenvalue weighted by Crippen LogP contribution is 2.56. The number of hydrogen-bond acceptors (Lipinski definition) is 7. The standard InChI is InChI=1S/C25H21N7O2/c1-31-12-27-24-22(31)25(33)32(13-28-24)11-20-29-23(30-34-20)21-17-7-16(8-18(21)9-17)15-3-2-14-4-5-26-10-19(14)6-15/h2-7,10,12-13,17-18,21H,8-9,11H2,1H3/t17-,18+,21+/m0/s1. The minimum absolute atomic E-state index is 0.177. The van der Waals surface area contributed by atoms with Gasteiger partial charge in [-0.05, 0) is 53.3 Å². The number of pyridine rings is 1. The van der Waals surface area contributed by atoms with Gasteiger partial charge >= 0.3 is 0 Å². The van der Waals surface area contributed by atoms with Gasteiger partial charge in [-0.2, -0.15) is 4.98 Å². The Hall–Kier alpha value is -4.14. The molecule has 1 fully saturated rings. The first kappa shape index (κ1) is 19.3. The van der Waals surface area contributed by atoms with Crippen LogP contribution in [0.5, 0.6) is 0 Å². The minimum Gasteiger partial charge on any atom is -0.337 e. The molecule has 0 spiro atoms. The summed E-state index contributed by atoms with van der Waals surface area (Å²) >= 11 is 0. The molecule has 9 nitrogen and oxygen atoms in total. The van der Waals surface area contributed by atoms with E-state index in [0.717, 1.165) is 24.1 Å². The zero-order valence-corrected chi connectivity index (χ0v) is 18.5. The number of allylic oxidation sites excluding steroid dienone is 2.